The third-order valence-corrected chi connectivity index (χ3v) is 2.45. The van der Waals surface area contributed by atoms with E-state index in [1.165, 1.54) is 0 Å². The zero-order valence-electron chi connectivity index (χ0n) is 7.51. The highest BCUT2D eigenvalue weighted by molar-refractivity contribution is 9.09. The largest absolute Gasteiger partial charge is 0.460 e. The van der Waals surface area contributed by atoms with Crippen LogP contribution < -0.4 is 0 Å². The van der Waals surface area contributed by atoms with Crippen molar-refractivity contribution >= 4 is 22.0 Å². The molecule has 1 rings (SSSR count). The summed E-state index contributed by atoms with van der Waals surface area (Å²) in [6.45, 7) is 5.02. The zero-order chi connectivity index (χ0) is 9.14. The van der Waals surface area contributed by atoms with Gasteiger partial charge in [-0.25, -0.2) is 0 Å². The highest BCUT2D eigenvalue weighted by Crippen LogP contribution is 2.16. The number of alkyl halides is 1. The molecule has 1 fully saturated rings. The second-order valence-corrected chi connectivity index (χ2v) is 4.06. The molecule has 1 aliphatic heterocycles. The van der Waals surface area contributed by atoms with Gasteiger partial charge >= 0.3 is 0 Å². The van der Waals surface area contributed by atoms with E-state index in [1.807, 2.05) is 4.90 Å². The van der Waals surface area contributed by atoms with Gasteiger partial charge in [0.05, 0.1) is 6.54 Å². The van der Waals surface area contributed by atoms with Crippen molar-refractivity contribution in [2.45, 2.75) is 32.4 Å². The SMILES string of the molecule is CC(C)N1CC(CCBr)OC1=N. The Labute approximate surface area is 81.7 Å². The predicted octanol–water partition coefficient (Wildman–Crippen LogP) is 1.82. The summed E-state index contributed by atoms with van der Waals surface area (Å²) in [6, 6.07) is 0.703. The number of hydrogen-bond acceptors (Lipinski definition) is 2. The summed E-state index contributed by atoms with van der Waals surface area (Å²) in [7, 11) is 0. The lowest BCUT2D eigenvalue weighted by molar-refractivity contribution is 0.224. The number of amidine groups is 1. The Morgan fingerprint density at radius 2 is 2.42 bits per heavy atom. The van der Waals surface area contributed by atoms with Crippen LogP contribution in [0, 0.1) is 5.41 Å². The monoisotopic (exact) mass is 234 g/mol. The lowest BCUT2D eigenvalue weighted by Crippen LogP contribution is -2.32. The second-order valence-electron chi connectivity index (χ2n) is 3.27. The minimum absolute atomic E-state index is 0.208. The van der Waals surface area contributed by atoms with Crippen molar-refractivity contribution < 1.29 is 4.74 Å². The molecule has 3 nitrogen and oxygen atoms in total. The fourth-order valence-electron chi connectivity index (χ4n) is 1.28. The molecule has 0 aromatic rings. The van der Waals surface area contributed by atoms with Crippen molar-refractivity contribution in [3.05, 3.63) is 0 Å². The topological polar surface area (TPSA) is 36.3 Å². The van der Waals surface area contributed by atoms with Crippen LogP contribution in [0.2, 0.25) is 0 Å². The molecule has 0 bridgehead atoms. The standard InChI is InChI=1S/C8H15BrN2O/c1-6(2)11-5-7(3-4-9)12-8(11)10/h6-7,10H,3-5H2,1-2H3. The minimum Gasteiger partial charge on any atom is -0.460 e. The molecule has 1 heterocycles. The fraction of sp³-hybridized carbons (Fsp3) is 0.875. The molecule has 0 aromatic carbocycles. The zero-order valence-corrected chi connectivity index (χ0v) is 9.10. The molecule has 1 unspecified atom stereocenters. The van der Waals surface area contributed by atoms with Gasteiger partial charge < -0.3 is 9.64 Å². The van der Waals surface area contributed by atoms with Gasteiger partial charge in [-0.1, -0.05) is 15.9 Å². The van der Waals surface area contributed by atoms with Gasteiger partial charge in [-0.3, -0.25) is 5.41 Å². The Balaban J connectivity index is 2.45. The van der Waals surface area contributed by atoms with E-state index >= 15 is 0 Å². The van der Waals surface area contributed by atoms with Crippen LogP contribution in [0.1, 0.15) is 20.3 Å². The first-order valence-corrected chi connectivity index (χ1v) is 5.35. The van der Waals surface area contributed by atoms with Crippen molar-refractivity contribution in [1.82, 2.24) is 4.90 Å². The third kappa shape index (κ3) is 2.12. The molecule has 0 spiro atoms. The van der Waals surface area contributed by atoms with Crippen LogP contribution in [0.25, 0.3) is 0 Å². The highest BCUT2D eigenvalue weighted by Gasteiger charge is 2.29. The molecule has 0 saturated carbocycles. The Morgan fingerprint density at radius 3 is 2.83 bits per heavy atom. The van der Waals surface area contributed by atoms with E-state index in [-0.39, 0.29) is 6.10 Å². The fourth-order valence-corrected chi connectivity index (χ4v) is 1.79. The molecule has 1 N–H and O–H groups in total. The van der Waals surface area contributed by atoms with Gasteiger partial charge in [0, 0.05) is 11.4 Å². The van der Waals surface area contributed by atoms with Crippen LogP contribution in [0.4, 0.5) is 0 Å². The number of ether oxygens (including phenoxy) is 1. The number of rotatable bonds is 3. The summed E-state index contributed by atoms with van der Waals surface area (Å²) in [5.74, 6) is 0. The van der Waals surface area contributed by atoms with Crippen molar-refractivity contribution in [3.8, 4) is 0 Å². The summed E-state index contributed by atoms with van der Waals surface area (Å²) in [5.41, 5.74) is 0. The number of hydrogen-bond donors (Lipinski definition) is 1. The Kier molecular flexibility index (Phi) is 3.38. The van der Waals surface area contributed by atoms with Gasteiger partial charge in [-0.15, -0.1) is 0 Å². The van der Waals surface area contributed by atoms with E-state index in [9.17, 15) is 0 Å². The summed E-state index contributed by atoms with van der Waals surface area (Å²) >= 11 is 3.37. The van der Waals surface area contributed by atoms with E-state index in [4.69, 9.17) is 10.1 Å². The van der Waals surface area contributed by atoms with Gasteiger partial charge in [0.15, 0.2) is 0 Å². The lowest BCUT2D eigenvalue weighted by Gasteiger charge is -2.18. The van der Waals surface area contributed by atoms with Gasteiger partial charge in [0.25, 0.3) is 6.02 Å². The quantitative estimate of drug-likeness (QED) is 0.757. The molecule has 1 saturated heterocycles. The maximum Gasteiger partial charge on any atom is 0.285 e. The number of nitrogens with zero attached hydrogens (tertiary/aromatic N) is 1. The molecule has 0 aromatic heterocycles. The molecular weight excluding hydrogens is 220 g/mol. The lowest BCUT2D eigenvalue weighted by atomic mass is 10.2. The Bertz CT molecular complexity index is 172. The normalized spacial score (nSPS) is 23.5. The average Bonchev–Trinajstić information content (AvgIpc) is 2.32. The predicted molar refractivity (Wildman–Crippen MR) is 52.9 cm³/mol. The minimum atomic E-state index is 0.208. The molecule has 1 aliphatic rings. The van der Waals surface area contributed by atoms with E-state index in [0.29, 0.717) is 12.1 Å². The second kappa shape index (κ2) is 4.12. The van der Waals surface area contributed by atoms with Gasteiger partial charge in [0.2, 0.25) is 0 Å². The average molecular weight is 235 g/mol. The van der Waals surface area contributed by atoms with E-state index in [0.717, 1.165) is 18.3 Å². The highest BCUT2D eigenvalue weighted by atomic mass is 79.9. The maximum atomic E-state index is 7.53. The Morgan fingerprint density at radius 1 is 1.75 bits per heavy atom. The molecule has 0 amide bonds. The molecular formula is C8H15BrN2O. The van der Waals surface area contributed by atoms with E-state index in [1.54, 1.807) is 0 Å². The van der Waals surface area contributed by atoms with Crippen LogP contribution in [-0.2, 0) is 4.74 Å². The summed E-state index contributed by atoms with van der Waals surface area (Å²) < 4.78 is 5.35. The first-order valence-electron chi connectivity index (χ1n) is 4.23. The van der Waals surface area contributed by atoms with Crippen LogP contribution in [0.5, 0.6) is 0 Å². The summed E-state index contributed by atoms with van der Waals surface area (Å²) in [6.07, 6.45) is 1.19. The van der Waals surface area contributed by atoms with Crippen molar-refractivity contribution in [2.75, 3.05) is 11.9 Å². The molecule has 4 heteroatoms. The number of nitrogens with one attached hydrogen (secondary N) is 1. The van der Waals surface area contributed by atoms with E-state index < -0.39 is 0 Å². The van der Waals surface area contributed by atoms with Crippen LogP contribution in [0.15, 0.2) is 0 Å². The van der Waals surface area contributed by atoms with Gasteiger partial charge in [-0.05, 0) is 20.3 Å². The van der Waals surface area contributed by atoms with Crippen LogP contribution in [0.3, 0.4) is 0 Å². The van der Waals surface area contributed by atoms with Gasteiger partial charge in [0.1, 0.15) is 6.10 Å². The molecule has 0 radical (unpaired) electrons. The maximum absolute atomic E-state index is 7.53. The van der Waals surface area contributed by atoms with Crippen molar-refractivity contribution in [3.63, 3.8) is 0 Å². The molecule has 70 valence electrons. The third-order valence-electron chi connectivity index (χ3n) is 1.99. The molecule has 1 atom stereocenters. The van der Waals surface area contributed by atoms with Crippen LogP contribution in [-0.4, -0.2) is 34.9 Å². The summed E-state index contributed by atoms with van der Waals surface area (Å²) in [5, 5.41) is 8.47. The smallest absolute Gasteiger partial charge is 0.285 e. The summed E-state index contributed by atoms with van der Waals surface area (Å²) in [4.78, 5) is 1.98. The van der Waals surface area contributed by atoms with Crippen LogP contribution >= 0.6 is 15.9 Å². The Hall–Kier alpha value is -0.250. The van der Waals surface area contributed by atoms with Crippen molar-refractivity contribution in [2.24, 2.45) is 0 Å². The molecule has 12 heavy (non-hydrogen) atoms. The van der Waals surface area contributed by atoms with E-state index in [2.05, 4.69) is 29.8 Å². The molecule has 0 aliphatic carbocycles. The first-order chi connectivity index (χ1) is 5.65. The van der Waals surface area contributed by atoms with Gasteiger partial charge in [-0.2, -0.15) is 0 Å². The number of halogens is 1. The van der Waals surface area contributed by atoms with Crippen molar-refractivity contribution in [1.29, 1.82) is 5.41 Å². The first kappa shape index (κ1) is 9.84.